The van der Waals surface area contributed by atoms with Crippen LogP contribution in [0.3, 0.4) is 0 Å². The van der Waals surface area contributed by atoms with Crippen LogP contribution >= 0.6 is 0 Å². The number of methoxy groups -OCH3 is 3. The fraction of sp³-hybridized carbons (Fsp3) is 0.233. The van der Waals surface area contributed by atoms with E-state index in [2.05, 4.69) is 21.7 Å². The third kappa shape index (κ3) is 5.48. The first-order chi connectivity index (χ1) is 19.5. The number of amides is 1. The summed E-state index contributed by atoms with van der Waals surface area (Å²) < 4.78 is 17.3. The summed E-state index contributed by atoms with van der Waals surface area (Å²) in [5, 5.41) is 7.95. The molecule has 0 atom stereocenters. The van der Waals surface area contributed by atoms with Gasteiger partial charge in [0.15, 0.2) is 5.69 Å². The van der Waals surface area contributed by atoms with Crippen molar-refractivity contribution in [3.05, 3.63) is 83.8 Å². The lowest BCUT2D eigenvalue weighted by Crippen LogP contribution is -2.20. The molecule has 0 aliphatic rings. The van der Waals surface area contributed by atoms with Gasteiger partial charge in [0.1, 0.15) is 18.0 Å². The van der Waals surface area contributed by atoms with E-state index in [0.717, 1.165) is 33.5 Å². The van der Waals surface area contributed by atoms with Crippen molar-refractivity contribution in [2.75, 3.05) is 38.6 Å². The number of para-hydroxylation sites is 1. The molecule has 0 fully saturated rings. The van der Waals surface area contributed by atoms with Crippen molar-refractivity contribution in [3.8, 4) is 5.75 Å². The molecule has 0 spiro atoms. The Bertz CT molecular complexity index is 1670. The molecule has 5 rings (SSSR count). The van der Waals surface area contributed by atoms with Gasteiger partial charge in [-0.1, -0.05) is 30.3 Å². The van der Waals surface area contributed by atoms with Gasteiger partial charge in [-0.15, -0.1) is 0 Å². The number of H-pyrrole nitrogens is 1. The standard InChI is InChI=1S/C30H31N5O5/c1-38-18-26(36)34-27-24-14-21(31-15-19-7-6-8-22(13-19)39-2)17-33-29(24)35(28(27)30(37)40-3)12-11-20-16-32-25-10-5-4-9-23(20)25/h4-10,13-14,16-17,31-32H,11-12,15,18H2,1-3H3,(H,34,36). The molecule has 0 radical (unpaired) electrons. The topological polar surface area (TPSA) is 120 Å². The molecule has 0 bridgehead atoms. The number of rotatable bonds is 11. The maximum atomic E-state index is 13.1. The number of anilines is 2. The monoisotopic (exact) mass is 541 g/mol. The summed E-state index contributed by atoms with van der Waals surface area (Å²) in [6.45, 7) is 0.803. The number of hydrogen-bond acceptors (Lipinski definition) is 7. The van der Waals surface area contributed by atoms with Crippen LogP contribution in [-0.4, -0.2) is 54.3 Å². The molecule has 0 unspecified atom stereocenters. The van der Waals surface area contributed by atoms with Crippen LogP contribution in [0.25, 0.3) is 21.9 Å². The molecule has 3 aromatic heterocycles. The van der Waals surface area contributed by atoms with E-state index in [4.69, 9.17) is 19.2 Å². The van der Waals surface area contributed by atoms with Crippen molar-refractivity contribution >= 4 is 45.2 Å². The number of carbonyl (C=O) groups is 2. The van der Waals surface area contributed by atoms with E-state index < -0.39 is 11.9 Å². The third-order valence-electron chi connectivity index (χ3n) is 6.73. The highest BCUT2D eigenvalue weighted by molar-refractivity contribution is 6.11. The van der Waals surface area contributed by atoms with Gasteiger partial charge < -0.3 is 34.4 Å². The van der Waals surface area contributed by atoms with Crippen LogP contribution in [0.4, 0.5) is 11.4 Å². The average Bonchev–Trinajstić information content (AvgIpc) is 3.53. The van der Waals surface area contributed by atoms with Gasteiger partial charge in [-0.2, -0.15) is 0 Å². The summed E-state index contributed by atoms with van der Waals surface area (Å²) in [7, 11) is 4.39. The minimum Gasteiger partial charge on any atom is -0.497 e. The lowest BCUT2D eigenvalue weighted by Gasteiger charge is -2.11. The predicted octanol–water partition coefficient (Wildman–Crippen LogP) is 4.75. The maximum absolute atomic E-state index is 13.1. The molecule has 40 heavy (non-hydrogen) atoms. The molecule has 5 aromatic rings. The molecule has 2 aromatic carbocycles. The van der Waals surface area contributed by atoms with Crippen molar-refractivity contribution in [1.82, 2.24) is 14.5 Å². The molecular weight excluding hydrogens is 510 g/mol. The average molecular weight is 542 g/mol. The highest BCUT2D eigenvalue weighted by Crippen LogP contribution is 2.33. The van der Waals surface area contributed by atoms with Crippen LogP contribution in [0, 0.1) is 0 Å². The minimum absolute atomic E-state index is 0.163. The summed E-state index contributed by atoms with van der Waals surface area (Å²) in [5.41, 5.74) is 5.01. The van der Waals surface area contributed by atoms with Gasteiger partial charge in [-0.05, 0) is 41.8 Å². The minimum atomic E-state index is -0.574. The first-order valence-corrected chi connectivity index (χ1v) is 12.8. The number of nitrogens with zero attached hydrogens (tertiary/aromatic N) is 2. The second kappa shape index (κ2) is 11.9. The quantitative estimate of drug-likeness (QED) is 0.206. The molecule has 3 N–H and O–H groups in total. The van der Waals surface area contributed by atoms with Crippen LogP contribution in [-0.2, 0) is 33.8 Å². The number of aryl methyl sites for hydroxylation is 2. The number of pyridine rings is 1. The van der Waals surface area contributed by atoms with Gasteiger partial charge in [0.05, 0.1) is 31.8 Å². The smallest absolute Gasteiger partial charge is 0.356 e. The van der Waals surface area contributed by atoms with Crippen molar-refractivity contribution in [3.63, 3.8) is 0 Å². The van der Waals surface area contributed by atoms with E-state index in [9.17, 15) is 9.59 Å². The first kappa shape index (κ1) is 26.8. The Labute approximate surface area is 231 Å². The molecule has 0 aliphatic heterocycles. The van der Waals surface area contributed by atoms with Gasteiger partial charge in [-0.3, -0.25) is 4.79 Å². The lowest BCUT2D eigenvalue weighted by atomic mass is 10.1. The largest absolute Gasteiger partial charge is 0.497 e. The SMILES string of the molecule is COCC(=O)Nc1c(C(=O)OC)n(CCc2c[nH]c3ccccc23)c2ncc(NCc3cccc(OC)c3)cc12. The predicted molar refractivity (Wildman–Crippen MR) is 154 cm³/mol. The van der Waals surface area contributed by atoms with Crippen molar-refractivity contribution < 1.29 is 23.8 Å². The normalized spacial score (nSPS) is 11.1. The number of aromatic nitrogens is 3. The fourth-order valence-electron chi connectivity index (χ4n) is 4.84. The maximum Gasteiger partial charge on any atom is 0.356 e. The summed E-state index contributed by atoms with van der Waals surface area (Å²) in [5.74, 6) is -0.195. The Hall–Kier alpha value is -4.83. The van der Waals surface area contributed by atoms with E-state index in [0.29, 0.717) is 36.2 Å². The van der Waals surface area contributed by atoms with Gasteiger partial charge in [0.25, 0.3) is 0 Å². The van der Waals surface area contributed by atoms with Crippen molar-refractivity contribution in [2.45, 2.75) is 19.5 Å². The van der Waals surface area contributed by atoms with Crippen molar-refractivity contribution in [2.24, 2.45) is 0 Å². The number of fused-ring (bicyclic) bond motifs is 2. The summed E-state index contributed by atoms with van der Waals surface area (Å²) in [4.78, 5) is 33.7. The van der Waals surface area contributed by atoms with E-state index in [-0.39, 0.29) is 12.3 Å². The zero-order valence-corrected chi connectivity index (χ0v) is 22.6. The van der Waals surface area contributed by atoms with Crippen LogP contribution in [0.15, 0.2) is 67.0 Å². The van der Waals surface area contributed by atoms with Crippen molar-refractivity contribution in [1.29, 1.82) is 0 Å². The number of nitrogens with one attached hydrogen (secondary N) is 3. The van der Waals surface area contributed by atoms with Crippen LogP contribution < -0.4 is 15.4 Å². The number of ether oxygens (including phenoxy) is 3. The Morgan fingerprint density at radius 1 is 1.02 bits per heavy atom. The van der Waals surface area contributed by atoms with Gasteiger partial charge in [0.2, 0.25) is 5.91 Å². The molecule has 0 saturated carbocycles. The third-order valence-corrected chi connectivity index (χ3v) is 6.73. The van der Waals surface area contributed by atoms with Crippen LogP contribution in [0.1, 0.15) is 21.6 Å². The Kier molecular flexibility index (Phi) is 7.97. The molecule has 206 valence electrons. The molecule has 1 amide bonds. The van der Waals surface area contributed by atoms with E-state index in [1.807, 2.05) is 54.7 Å². The van der Waals surface area contributed by atoms with E-state index in [1.54, 1.807) is 17.9 Å². The van der Waals surface area contributed by atoms with Gasteiger partial charge >= 0.3 is 5.97 Å². The summed E-state index contributed by atoms with van der Waals surface area (Å²) >= 11 is 0. The van der Waals surface area contributed by atoms with E-state index >= 15 is 0 Å². The fourth-order valence-corrected chi connectivity index (χ4v) is 4.84. The molecule has 10 nitrogen and oxygen atoms in total. The Morgan fingerprint density at radius 3 is 2.67 bits per heavy atom. The molecule has 0 aliphatic carbocycles. The second-order valence-electron chi connectivity index (χ2n) is 9.26. The number of hydrogen-bond donors (Lipinski definition) is 3. The summed E-state index contributed by atoms with van der Waals surface area (Å²) in [6, 6.07) is 17.7. The number of esters is 1. The molecule has 10 heteroatoms. The number of aromatic amines is 1. The van der Waals surface area contributed by atoms with Gasteiger partial charge in [-0.25, -0.2) is 9.78 Å². The highest BCUT2D eigenvalue weighted by atomic mass is 16.5. The Balaban J connectivity index is 1.53. The second-order valence-corrected chi connectivity index (χ2v) is 9.26. The first-order valence-electron chi connectivity index (χ1n) is 12.8. The van der Waals surface area contributed by atoms with E-state index in [1.165, 1.54) is 14.2 Å². The zero-order chi connectivity index (χ0) is 28.1. The number of benzene rings is 2. The highest BCUT2D eigenvalue weighted by Gasteiger charge is 2.26. The molecular formula is C30H31N5O5. The zero-order valence-electron chi connectivity index (χ0n) is 22.6. The van der Waals surface area contributed by atoms with Crippen LogP contribution in [0.2, 0.25) is 0 Å². The number of carbonyl (C=O) groups excluding carboxylic acids is 2. The van der Waals surface area contributed by atoms with Crippen LogP contribution in [0.5, 0.6) is 5.75 Å². The Morgan fingerprint density at radius 2 is 1.88 bits per heavy atom. The van der Waals surface area contributed by atoms with Gasteiger partial charge in [0, 0.05) is 42.7 Å². The molecule has 0 saturated heterocycles. The lowest BCUT2D eigenvalue weighted by molar-refractivity contribution is -0.119. The summed E-state index contributed by atoms with van der Waals surface area (Å²) in [6.07, 6.45) is 4.32. The molecule has 3 heterocycles.